The molecule has 27 atom stereocenters. The van der Waals surface area contributed by atoms with E-state index in [-0.39, 0.29) is 116 Å². The molecule has 0 bridgehead atoms. The van der Waals surface area contributed by atoms with Gasteiger partial charge in [-0.2, -0.15) is 0 Å². The number of ketones is 2. The Labute approximate surface area is 674 Å². The van der Waals surface area contributed by atoms with Gasteiger partial charge >= 0.3 is 11.9 Å². The average Bonchev–Trinajstić information content (AvgIpc) is 1.49. The van der Waals surface area contributed by atoms with Crippen LogP contribution in [0, 0.1) is 115 Å². The first-order valence-electron chi connectivity index (χ1n) is 40.6. The van der Waals surface area contributed by atoms with Crippen LogP contribution in [0.2, 0.25) is 0 Å². The van der Waals surface area contributed by atoms with Crippen LogP contribution < -0.4 is 0 Å². The SMILES string of the molecule is CC(C)(O)CCC(=O)O.CC1(C)CCC(=O)C[C@]1(C)O.CC1(C)CCC(O)O1.CC1(C)CCC(O)O1.CC1(C)CC[C@H](O)C[C@]1(C)O.C[C@]12CCC(=O)C=C1[C@@H]1C[C@@H]1C1C2CC[C@@]2(C)C1[C@@H]1C[C@@H]1[C@@]21CCC(=O)O1.C[C@]12CCC3C(C1[C@@H]1C[C@@H]1[C@@]2(O)CCCO)[C@H]1C[C@H]1[C@]1(O)C[C@@H](O)CC[C@]31C.I.II.O. The van der Waals surface area contributed by atoms with Crippen LogP contribution in [0.15, 0.2) is 11.6 Å². The summed E-state index contributed by atoms with van der Waals surface area (Å²) in [5.74, 6) is 8.79. The molecule has 13 N–H and O–H groups in total. The molecule has 8 unspecified atom stereocenters. The standard InChI is InChI=1S/C24H38O4.C24H30O3.C9H18O2.C9H16O2.C6H12O3.2C6H12O2.I2.HI.H2O/c1-21-7-4-13(26)12-24(21,28)17-10-14(17)19-16(21)5-8-22(2)20(19)15-11-18(15)23(22,27)6-3-9-25;1-22-6-3-12(25)9-17(22)13-10-14(13)20-16(22)4-7-23(2)21(20)15-11-18(15)24(23)8-5-19(26)27-24;2*1-8(2)5-4-7(10)6-9(8,3)11;1-6(2,9)4-3-5(7)8;2*1-6(2)4-3-5(7)8-6;1-2;;/h13-20,25-28H,3-12H2,1-2H3;9,13-16,18,20-21H,3-8,10-11H2,1-2H3;7,10-11H,4-6H2,1-3H3;11H,4-6H2,1-3H3;9H,3-4H2,1-2H3,(H,7,8);2*5,7H,3-4H2,1-2H3;;1H;1H2/t13-,14-,15+,16?,17+,18-,19?,20?,21+,22-,23-,24+;13-,14+,15-,16?,18+,20?,21?,22-,23+,24+;7-,9-;9-;;;;;;/m0100....../s1. The first-order chi connectivity index (χ1) is 47.9. The molecule has 0 aromatic heterocycles. The van der Waals surface area contributed by atoms with Gasteiger partial charge in [0.05, 0.1) is 51.4 Å². The molecule has 16 fully saturated rings. The first kappa shape index (κ1) is 91.2. The van der Waals surface area contributed by atoms with Crippen molar-refractivity contribution in [3.05, 3.63) is 11.6 Å². The number of ether oxygens (including phenoxy) is 3. The molecule has 3 heterocycles. The van der Waals surface area contributed by atoms with Crippen LogP contribution in [0.4, 0.5) is 0 Å². The van der Waals surface area contributed by atoms with E-state index < -0.39 is 46.6 Å². The molecule has 612 valence electrons. The van der Waals surface area contributed by atoms with Crippen LogP contribution in [-0.4, -0.2) is 161 Å². The molecule has 14 aliphatic carbocycles. The molecule has 22 heteroatoms. The number of halogens is 3. The molecule has 106 heavy (non-hydrogen) atoms. The number of fused-ring (bicyclic) bond motifs is 22. The van der Waals surface area contributed by atoms with E-state index in [0.717, 1.165) is 132 Å². The minimum Gasteiger partial charge on any atom is -0.481 e. The maximum absolute atomic E-state index is 12.2. The van der Waals surface area contributed by atoms with Gasteiger partial charge < -0.3 is 75.9 Å². The summed E-state index contributed by atoms with van der Waals surface area (Å²) < 4.78 is 16.4. The Morgan fingerprint density at radius 1 is 0.566 bits per heavy atom. The van der Waals surface area contributed by atoms with Crippen molar-refractivity contribution in [1.82, 2.24) is 0 Å². The fourth-order valence-corrected chi connectivity index (χ4v) is 25.2. The number of carbonyl (C=O) groups excluding carboxylic acids is 3. The van der Waals surface area contributed by atoms with Gasteiger partial charge in [-0.1, -0.05) is 61.0 Å². The minimum atomic E-state index is -0.864. The van der Waals surface area contributed by atoms with Crippen LogP contribution in [0.5, 0.6) is 0 Å². The Hall–Kier alpha value is -0.310. The first-order valence-corrected chi connectivity index (χ1v) is 46.9. The zero-order valence-electron chi connectivity index (χ0n) is 67.1. The highest BCUT2D eigenvalue weighted by atomic mass is 128. The minimum absolute atomic E-state index is 0. The second-order valence-electron chi connectivity index (χ2n) is 41.1. The molecule has 0 radical (unpaired) electrons. The normalized spacial score (nSPS) is 48.1. The monoisotopic (exact) mass is 1830 g/mol. The number of hydrogen-bond acceptors (Lipinski definition) is 17. The second kappa shape index (κ2) is 32.3. The lowest BCUT2D eigenvalue weighted by Gasteiger charge is -2.64. The molecule has 3 aliphatic heterocycles. The highest BCUT2D eigenvalue weighted by Crippen LogP contribution is 2.84. The Balaban J connectivity index is 0.000000167. The van der Waals surface area contributed by atoms with Gasteiger partial charge in [0.1, 0.15) is 11.4 Å². The van der Waals surface area contributed by atoms with Gasteiger partial charge in [-0.15, -0.1) is 24.0 Å². The number of carbonyl (C=O) groups is 4. The predicted molar refractivity (Wildman–Crippen MR) is 433 cm³/mol. The molecule has 0 aromatic rings. The van der Waals surface area contributed by atoms with Crippen molar-refractivity contribution in [3.8, 4) is 0 Å². The summed E-state index contributed by atoms with van der Waals surface area (Å²) in [5, 5.41) is 107. The number of hydrogen-bond donors (Lipinski definition) is 11. The third kappa shape index (κ3) is 17.3. The van der Waals surface area contributed by atoms with Crippen molar-refractivity contribution in [1.29, 1.82) is 0 Å². The van der Waals surface area contributed by atoms with Crippen molar-refractivity contribution in [2.24, 2.45) is 115 Å². The Morgan fingerprint density at radius 2 is 1.08 bits per heavy atom. The Morgan fingerprint density at radius 3 is 1.58 bits per heavy atom. The van der Waals surface area contributed by atoms with Gasteiger partial charge in [-0.05, 0) is 294 Å². The van der Waals surface area contributed by atoms with Crippen LogP contribution in [-0.2, 0) is 33.4 Å². The zero-order chi connectivity index (χ0) is 77.3. The maximum atomic E-state index is 12.2. The van der Waals surface area contributed by atoms with E-state index in [2.05, 4.69) is 84.9 Å². The molecule has 0 amide bonds. The van der Waals surface area contributed by atoms with Crippen LogP contribution >= 0.6 is 61.2 Å². The van der Waals surface area contributed by atoms with Crippen molar-refractivity contribution < 1.29 is 95.0 Å². The number of esters is 1. The third-order valence-electron chi connectivity index (χ3n) is 32.4. The summed E-state index contributed by atoms with van der Waals surface area (Å²) in [7, 11) is 0. The van der Waals surface area contributed by atoms with Crippen molar-refractivity contribution in [2.75, 3.05) is 6.61 Å². The molecule has 13 saturated carbocycles. The zero-order valence-corrected chi connectivity index (χ0v) is 73.8. The van der Waals surface area contributed by atoms with Gasteiger partial charge in [0.25, 0.3) is 0 Å². The van der Waals surface area contributed by atoms with Crippen molar-refractivity contribution in [2.45, 2.75) is 367 Å². The Bertz CT molecular complexity index is 3120. The summed E-state index contributed by atoms with van der Waals surface area (Å²) in [4.78, 5) is 45.2. The number of rotatable bonds is 6. The van der Waals surface area contributed by atoms with Gasteiger partial charge in [0, 0.05) is 113 Å². The average molecular weight is 1840 g/mol. The van der Waals surface area contributed by atoms with Gasteiger partial charge in [-0.25, -0.2) is 0 Å². The van der Waals surface area contributed by atoms with E-state index in [4.69, 9.17) is 34.6 Å². The van der Waals surface area contributed by atoms with E-state index in [1.165, 1.54) is 37.7 Å². The number of Topliss-reactive ketones (excluding diaryl/α,β-unsaturated/α-hetero) is 1. The van der Waals surface area contributed by atoms with Crippen LogP contribution in [0.1, 0.15) is 297 Å². The van der Waals surface area contributed by atoms with E-state index in [9.17, 15) is 54.9 Å². The molecule has 0 aromatic carbocycles. The number of carboxylic acids is 1. The number of aliphatic carboxylic acids is 1. The molecule has 1 spiro atoms. The third-order valence-corrected chi connectivity index (χ3v) is 32.4. The summed E-state index contributed by atoms with van der Waals surface area (Å²) in [5.41, 5.74) is -2.22. The molecule has 3 saturated heterocycles. The predicted octanol–water partition coefficient (Wildman–Crippen LogP) is 13.8. The number of aliphatic hydroxyl groups is 10. The topological polar surface area (TPSA) is 350 Å². The molecule has 17 rings (SSSR count). The fraction of sp³-hybridized carbons (Fsp3) is 0.929. The molecular weight excluding hydrogens is 1690 g/mol. The van der Waals surface area contributed by atoms with Gasteiger partial charge in [0.2, 0.25) is 0 Å². The molecule has 19 nitrogen and oxygen atoms in total. The summed E-state index contributed by atoms with van der Waals surface area (Å²) in [6.07, 6.45) is 25.0. The lowest BCUT2D eigenvalue weighted by Crippen LogP contribution is -2.65. The van der Waals surface area contributed by atoms with E-state index in [0.29, 0.717) is 104 Å². The van der Waals surface area contributed by atoms with Crippen LogP contribution in [0.25, 0.3) is 0 Å². The summed E-state index contributed by atoms with van der Waals surface area (Å²) in [6.45, 7) is 32.7. The number of allylic oxidation sites excluding steroid dienone is 1. The van der Waals surface area contributed by atoms with Gasteiger partial charge in [-0.3, -0.25) is 19.2 Å². The van der Waals surface area contributed by atoms with Crippen LogP contribution in [0.3, 0.4) is 0 Å². The highest BCUT2D eigenvalue weighted by Gasteiger charge is 2.83. The largest absolute Gasteiger partial charge is 0.481 e. The highest BCUT2D eigenvalue weighted by molar-refractivity contribution is 15.0. The fourth-order valence-electron chi connectivity index (χ4n) is 25.2. The number of aliphatic hydroxyl groups excluding tert-OH is 5. The molecule has 17 aliphatic rings. The van der Waals surface area contributed by atoms with Gasteiger partial charge in [0.15, 0.2) is 18.4 Å². The van der Waals surface area contributed by atoms with E-state index >= 15 is 0 Å². The van der Waals surface area contributed by atoms with E-state index in [1.807, 2.05) is 48.5 Å². The quantitative estimate of drug-likeness (QED) is 0.0869. The van der Waals surface area contributed by atoms with Crippen molar-refractivity contribution in [3.63, 3.8) is 0 Å². The maximum Gasteiger partial charge on any atom is 0.306 e. The van der Waals surface area contributed by atoms with E-state index in [1.54, 1.807) is 20.8 Å². The number of carboxylic acid groups (broad SMARTS) is 1. The lowest BCUT2D eigenvalue weighted by molar-refractivity contribution is -0.237. The summed E-state index contributed by atoms with van der Waals surface area (Å²) >= 11 is 4.24. The lowest BCUT2D eigenvalue weighted by atomic mass is 9.42. The molecular formula is C84H141I3O19. The Kier molecular flexibility index (Phi) is 27.8. The smallest absolute Gasteiger partial charge is 0.306 e. The van der Waals surface area contributed by atoms with Crippen molar-refractivity contribution >= 4 is 84.7 Å². The summed E-state index contributed by atoms with van der Waals surface area (Å²) in [6, 6.07) is 0. The second-order valence-corrected chi connectivity index (χ2v) is 41.1.